The van der Waals surface area contributed by atoms with Crippen LogP contribution < -0.4 is 10.5 Å². The van der Waals surface area contributed by atoms with Crippen LogP contribution in [0.3, 0.4) is 0 Å². The minimum Gasteiger partial charge on any atom is -0.329 e. The molecule has 0 aromatic carbocycles. The van der Waals surface area contributed by atoms with Crippen LogP contribution in [0.25, 0.3) is 0 Å². The highest BCUT2D eigenvalue weighted by molar-refractivity contribution is 7.90. The highest BCUT2D eigenvalue weighted by Gasteiger charge is 2.25. The molecule has 0 saturated carbocycles. The summed E-state index contributed by atoms with van der Waals surface area (Å²) < 4.78 is 26.4. The number of nitrogens with two attached hydrogens (primary N) is 1. The number of nitrogens with one attached hydrogen (secondary N) is 1. The van der Waals surface area contributed by atoms with Gasteiger partial charge in [-0.25, -0.2) is 13.1 Å². The van der Waals surface area contributed by atoms with E-state index >= 15 is 0 Å². The quantitative estimate of drug-likeness (QED) is 0.659. The van der Waals surface area contributed by atoms with E-state index in [0.29, 0.717) is 6.54 Å². The SMILES string of the molecule is CC(C)C(CN(C)C)NS(=O)(=O)C(C)CN. The maximum Gasteiger partial charge on any atom is 0.215 e. The minimum atomic E-state index is -3.30. The Labute approximate surface area is 99.4 Å². The topological polar surface area (TPSA) is 75.4 Å². The van der Waals surface area contributed by atoms with Crippen LogP contribution in [0.1, 0.15) is 20.8 Å². The Hall–Kier alpha value is -0.170. The van der Waals surface area contributed by atoms with E-state index in [1.165, 1.54) is 0 Å². The van der Waals surface area contributed by atoms with E-state index in [-0.39, 0.29) is 18.5 Å². The Morgan fingerprint density at radius 3 is 2.06 bits per heavy atom. The van der Waals surface area contributed by atoms with Crippen LogP contribution in [0, 0.1) is 5.92 Å². The molecule has 6 heteroatoms. The molecule has 16 heavy (non-hydrogen) atoms. The van der Waals surface area contributed by atoms with Gasteiger partial charge in [-0.2, -0.15) is 0 Å². The molecule has 0 saturated heterocycles. The van der Waals surface area contributed by atoms with Crippen LogP contribution in [0.15, 0.2) is 0 Å². The average Bonchev–Trinajstić information content (AvgIpc) is 2.14. The second kappa shape index (κ2) is 6.54. The fourth-order valence-corrected chi connectivity index (χ4v) is 2.49. The molecule has 0 aliphatic carbocycles. The summed E-state index contributed by atoms with van der Waals surface area (Å²) in [6.07, 6.45) is 0. The van der Waals surface area contributed by atoms with Gasteiger partial charge in [-0.3, -0.25) is 0 Å². The van der Waals surface area contributed by atoms with Gasteiger partial charge in [0.25, 0.3) is 0 Å². The summed E-state index contributed by atoms with van der Waals surface area (Å²) in [4.78, 5) is 1.97. The highest BCUT2D eigenvalue weighted by Crippen LogP contribution is 2.07. The Bertz CT molecular complexity index is 288. The van der Waals surface area contributed by atoms with Gasteiger partial charge in [0, 0.05) is 19.1 Å². The molecule has 0 fully saturated rings. The van der Waals surface area contributed by atoms with Gasteiger partial charge in [0.15, 0.2) is 0 Å². The van der Waals surface area contributed by atoms with Crippen molar-refractivity contribution in [3.63, 3.8) is 0 Å². The fraction of sp³-hybridized carbons (Fsp3) is 1.00. The molecule has 0 aromatic rings. The third-order valence-corrected chi connectivity index (χ3v) is 4.43. The maximum absolute atomic E-state index is 11.8. The van der Waals surface area contributed by atoms with Crippen molar-refractivity contribution >= 4 is 10.0 Å². The molecule has 0 bridgehead atoms. The van der Waals surface area contributed by atoms with Crippen molar-refractivity contribution in [2.45, 2.75) is 32.1 Å². The largest absolute Gasteiger partial charge is 0.329 e. The van der Waals surface area contributed by atoms with Crippen molar-refractivity contribution in [2.75, 3.05) is 27.2 Å². The van der Waals surface area contributed by atoms with Crippen molar-refractivity contribution in [3.05, 3.63) is 0 Å². The molecule has 0 aliphatic heterocycles. The standard InChI is InChI=1S/C10H25N3O2S/c1-8(2)10(7-13(4)5)12-16(14,15)9(3)6-11/h8-10,12H,6-7,11H2,1-5H3. The van der Waals surface area contributed by atoms with Crippen molar-refractivity contribution in [3.8, 4) is 0 Å². The van der Waals surface area contributed by atoms with E-state index in [1.807, 2.05) is 32.8 Å². The van der Waals surface area contributed by atoms with E-state index in [0.717, 1.165) is 0 Å². The van der Waals surface area contributed by atoms with Crippen LogP contribution in [-0.2, 0) is 10.0 Å². The molecule has 0 radical (unpaired) electrons. The summed E-state index contributed by atoms with van der Waals surface area (Å²) in [5.74, 6) is 0.252. The van der Waals surface area contributed by atoms with E-state index in [1.54, 1.807) is 6.92 Å². The first-order valence-electron chi connectivity index (χ1n) is 5.56. The van der Waals surface area contributed by atoms with E-state index < -0.39 is 15.3 Å². The lowest BCUT2D eigenvalue weighted by atomic mass is 10.1. The first-order chi connectivity index (χ1) is 7.20. The fourth-order valence-electron chi connectivity index (χ4n) is 1.23. The number of nitrogens with zero attached hydrogens (tertiary/aromatic N) is 1. The summed E-state index contributed by atoms with van der Waals surface area (Å²) in [6, 6.07) is -0.0750. The zero-order valence-electron chi connectivity index (χ0n) is 10.9. The highest BCUT2D eigenvalue weighted by atomic mass is 32.2. The van der Waals surface area contributed by atoms with Crippen LogP contribution in [0.2, 0.25) is 0 Å². The van der Waals surface area contributed by atoms with Crippen molar-refractivity contribution < 1.29 is 8.42 Å². The Morgan fingerprint density at radius 2 is 1.75 bits per heavy atom. The average molecular weight is 251 g/mol. The lowest BCUT2D eigenvalue weighted by molar-refractivity contribution is 0.314. The molecule has 0 amide bonds. The number of sulfonamides is 1. The van der Waals surface area contributed by atoms with E-state index in [4.69, 9.17) is 5.73 Å². The summed E-state index contributed by atoms with van der Waals surface area (Å²) >= 11 is 0. The van der Waals surface area contributed by atoms with Gasteiger partial charge in [0.2, 0.25) is 10.0 Å². The van der Waals surface area contributed by atoms with Gasteiger partial charge in [-0.15, -0.1) is 0 Å². The monoisotopic (exact) mass is 251 g/mol. The Kier molecular flexibility index (Phi) is 6.47. The van der Waals surface area contributed by atoms with E-state index in [9.17, 15) is 8.42 Å². The van der Waals surface area contributed by atoms with E-state index in [2.05, 4.69) is 4.72 Å². The van der Waals surface area contributed by atoms with Crippen molar-refractivity contribution in [1.82, 2.24) is 9.62 Å². The predicted octanol–water partition coefficient (Wildman–Crippen LogP) is -0.161. The van der Waals surface area contributed by atoms with Crippen molar-refractivity contribution in [2.24, 2.45) is 11.7 Å². The third-order valence-electron chi connectivity index (χ3n) is 2.54. The molecule has 0 heterocycles. The maximum atomic E-state index is 11.8. The van der Waals surface area contributed by atoms with Crippen LogP contribution in [-0.4, -0.2) is 51.8 Å². The number of hydrogen-bond donors (Lipinski definition) is 2. The van der Waals surface area contributed by atoms with Gasteiger partial charge in [0.1, 0.15) is 0 Å². The predicted molar refractivity (Wildman–Crippen MR) is 67.8 cm³/mol. The number of hydrogen-bond acceptors (Lipinski definition) is 4. The first-order valence-corrected chi connectivity index (χ1v) is 7.11. The summed E-state index contributed by atoms with van der Waals surface area (Å²) in [6.45, 7) is 6.46. The molecule has 2 atom stereocenters. The Morgan fingerprint density at radius 1 is 1.25 bits per heavy atom. The molecule has 0 spiro atoms. The first kappa shape index (κ1) is 15.8. The second-order valence-corrected chi connectivity index (χ2v) is 6.95. The van der Waals surface area contributed by atoms with Crippen LogP contribution >= 0.6 is 0 Å². The van der Waals surface area contributed by atoms with Crippen LogP contribution in [0.5, 0.6) is 0 Å². The van der Waals surface area contributed by atoms with Crippen molar-refractivity contribution in [1.29, 1.82) is 0 Å². The summed E-state index contributed by atoms with van der Waals surface area (Å²) in [5.41, 5.74) is 5.38. The second-order valence-electron chi connectivity index (χ2n) is 4.82. The van der Waals surface area contributed by atoms with Gasteiger partial charge in [-0.1, -0.05) is 13.8 Å². The molecular weight excluding hydrogens is 226 g/mol. The Balaban J connectivity index is 4.63. The molecule has 0 aromatic heterocycles. The van der Waals surface area contributed by atoms with Crippen LogP contribution in [0.4, 0.5) is 0 Å². The van der Waals surface area contributed by atoms with Gasteiger partial charge < -0.3 is 10.6 Å². The molecular formula is C10H25N3O2S. The van der Waals surface area contributed by atoms with Gasteiger partial charge in [0.05, 0.1) is 5.25 Å². The molecule has 98 valence electrons. The molecule has 0 rings (SSSR count). The third kappa shape index (κ3) is 5.25. The minimum absolute atomic E-state index is 0.0750. The zero-order chi connectivity index (χ0) is 12.9. The zero-order valence-corrected chi connectivity index (χ0v) is 11.7. The van der Waals surface area contributed by atoms with Gasteiger partial charge >= 0.3 is 0 Å². The normalized spacial score (nSPS) is 16.8. The lowest BCUT2D eigenvalue weighted by Crippen LogP contribution is -2.48. The molecule has 3 N–H and O–H groups in total. The van der Waals surface area contributed by atoms with Gasteiger partial charge in [-0.05, 0) is 26.9 Å². The summed E-state index contributed by atoms with van der Waals surface area (Å²) in [7, 11) is 0.551. The number of rotatable bonds is 7. The molecule has 5 nitrogen and oxygen atoms in total. The molecule has 0 aliphatic rings. The number of likely N-dealkylation sites (N-methyl/N-ethyl adjacent to an activating group) is 1. The molecule has 2 unspecified atom stereocenters. The lowest BCUT2D eigenvalue weighted by Gasteiger charge is -2.26. The summed E-state index contributed by atoms with van der Waals surface area (Å²) in [5, 5.41) is -0.545. The smallest absolute Gasteiger partial charge is 0.215 e.